The highest BCUT2D eigenvalue weighted by atomic mass is 79.9. The lowest BCUT2D eigenvalue weighted by molar-refractivity contribution is 0.317. The summed E-state index contributed by atoms with van der Waals surface area (Å²) in [5.41, 5.74) is 2.52. The summed E-state index contributed by atoms with van der Waals surface area (Å²) in [5.74, 6) is 0.943. The monoisotopic (exact) mass is 319 g/mol. The number of ether oxygens (including phenoxy) is 1. The van der Waals surface area contributed by atoms with E-state index in [9.17, 15) is 0 Å². The number of aromatic nitrogens is 1. The molecule has 0 amide bonds. The Hall–Kier alpha value is -1.35. The van der Waals surface area contributed by atoms with Crippen LogP contribution in [0.5, 0.6) is 5.75 Å². The SMILES string of the molecule is CCCOc1cccc(C(Br)Cc2ccncc2)c1. The third kappa shape index (κ3) is 4.35. The molecule has 0 aliphatic carbocycles. The molecule has 2 aromatic rings. The maximum absolute atomic E-state index is 5.67. The van der Waals surface area contributed by atoms with Crippen molar-refractivity contribution in [2.75, 3.05) is 6.61 Å². The fourth-order valence-electron chi connectivity index (χ4n) is 1.86. The molecule has 0 saturated heterocycles. The van der Waals surface area contributed by atoms with Gasteiger partial charge in [0.1, 0.15) is 5.75 Å². The number of nitrogens with zero attached hydrogens (tertiary/aromatic N) is 1. The molecule has 0 bridgehead atoms. The Bertz CT molecular complexity index is 501. The van der Waals surface area contributed by atoms with Crippen LogP contribution < -0.4 is 4.74 Å². The van der Waals surface area contributed by atoms with Gasteiger partial charge in [-0.2, -0.15) is 0 Å². The molecule has 1 atom stereocenters. The average Bonchev–Trinajstić information content (AvgIpc) is 2.46. The van der Waals surface area contributed by atoms with E-state index in [1.807, 2.05) is 36.7 Å². The van der Waals surface area contributed by atoms with Crippen LogP contribution in [0.4, 0.5) is 0 Å². The van der Waals surface area contributed by atoms with Crippen molar-refractivity contribution in [1.29, 1.82) is 0 Å². The summed E-state index contributed by atoms with van der Waals surface area (Å²) in [6, 6.07) is 12.4. The van der Waals surface area contributed by atoms with Gasteiger partial charge in [0.05, 0.1) is 6.61 Å². The molecule has 0 radical (unpaired) electrons. The Kier molecular flexibility index (Phi) is 5.40. The van der Waals surface area contributed by atoms with Crippen molar-refractivity contribution in [1.82, 2.24) is 4.98 Å². The fraction of sp³-hybridized carbons (Fsp3) is 0.312. The predicted molar refractivity (Wildman–Crippen MR) is 81.8 cm³/mol. The second-order valence-corrected chi connectivity index (χ2v) is 5.55. The molecule has 0 fully saturated rings. The Labute approximate surface area is 123 Å². The Morgan fingerprint density at radius 2 is 2.00 bits per heavy atom. The first-order valence-corrected chi connectivity index (χ1v) is 7.47. The highest BCUT2D eigenvalue weighted by Gasteiger charge is 2.09. The van der Waals surface area contributed by atoms with E-state index in [1.54, 1.807) is 0 Å². The van der Waals surface area contributed by atoms with E-state index in [0.717, 1.165) is 25.2 Å². The van der Waals surface area contributed by atoms with Crippen molar-refractivity contribution < 1.29 is 4.74 Å². The highest BCUT2D eigenvalue weighted by molar-refractivity contribution is 9.09. The van der Waals surface area contributed by atoms with Crippen molar-refractivity contribution in [2.45, 2.75) is 24.6 Å². The van der Waals surface area contributed by atoms with Crippen molar-refractivity contribution >= 4 is 15.9 Å². The van der Waals surface area contributed by atoms with Gasteiger partial charge in [0, 0.05) is 17.2 Å². The molecule has 100 valence electrons. The zero-order valence-corrected chi connectivity index (χ0v) is 12.6. The van der Waals surface area contributed by atoms with Gasteiger partial charge in [0.2, 0.25) is 0 Å². The first kappa shape index (κ1) is 14.1. The third-order valence-corrected chi connectivity index (χ3v) is 3.71. The Balaban J connectivity index is 2.04. The average molecular weight is 320 g/mol. The molecule has 2 nitrogen and oxygen atoms in total. The zero-order chi connectivity index (χ0) is 13.5. The lowest BCUT2D eigenvalue weighted by atomic mass is 10.1. The molecule has 0 N–H and O–H groups in total. The maximum atomic E-state index is 5.67. The molecule has 19 heavy (non-hydrogen) atoms. The van der Waals surface area contributed by atoms with E-state index in [0.29, 0.717) is 4.83 Å². The van der Waals surface area contributed by atoms with E-state index in [1.165, 1.54) is 11.1 Å². The molecular formula is C16H18BrNO. The van der Waals surface area contributed by atoms with E-state index >= 15 is 0 Å². The van der Waals surface area contributed by atoms with Crippen molar-refractivity contribution in [2.24, 2.45) is 0 Å². The van der Waals surface area contributed by atoms with Crippen molar-refractivity contribution in [3.63, 3.8) is 0 Å². The minimum atomic E-state index is 0.292. The van der Waals surface area contributed by atoms with Gasteiger partial charge >= 0.3 is 0 Å². The summed E-state index contributed by atoms with van der Waals surface area (Å²) in [6.45, 7) is 2.88. The van der Waals surface area contributed by atoms with Crippen LogP contribution in [0.15, 0.2) is 48.8 Å². The van der Waals surface area contributed by atoms with Gasteiger partial charge in [-0.25, -0.2) is 0 Å². The summed E-state index contributed by atoms with van der Waals surface area (Å²) in [6.07, 6.45) is 5.63. The molecule has 3 heteroatoms. The standard InChI is InChI=1S/C16H18BrNO/c1-2-10-19-15-5-3-4-14(12-15)16(17)11-13-6-8-18-9-7-13/h3-9,12,16H,2,10-11H2,1H3. The van der Waals surface area contributed by atoms with Crippen LogP contribution in [0, 0.1) is 0 Å². The second kappa shape index (κ2) is 7.29. The predicted octanol–water partition coefficient (Wildman–Crippen LogP) is 4.55. The summed E-state index contributed by atoms with van der Waals surface area (Å²) >= 11 is 3.75. The number of pyridine rings is 1. The minimum absolute atomic E-state index is 0.292. The van der Waals surface area contributed by atoms with Gasteiger partial charge in [-0.15, -0.1) is 0 Å². The first-order valence-electron chi connectivity index (χ1n) is 6.55. The third-order valence-electron chi connectivity index (χ3n) is 2.86. The summed E-state index contributed by atoms with van der Waals surface area (Å²) in [4.78, 5) is 4.33. The number of benzene rings is 1. The molecular weight excluding hydrogens is 302 g/mol. The number of hydrogen-bond acceptors (Lipinski definition) is 2. The summed E-state index contributed by atoms with van der Waals surface area (Å²) < 4.78 is 5.67. The van der Waals surface area contributed by atoms with Gasteiger partial charge < -0.3 is 4.74 Å². The van der Waals surface area contributed by atoms with Gasteiger partial charge in [-0.1, -0.05) is 35.0 Å². The van der Waals surface area contributed by atoms with E-state index in [-0.39, 0.29) is 0 Å². The van der Waals surface area contributed by atoms with Crippen molar-refractivity contribution in [3.8, 4) is 5.75 Å². The summed E-state index contributed by atoms with van der Waals surface area (Å²) in [5, 5.41) is 0. The maximum Gasteiger partial charge on any atom is 0.119 e. The number of hydrogen-bond donors (Lipinski definition) is 0. The normalized spacial score (nSPS) is 12.1. The van der Waals surface area contributed by atoms with Crippen molar-refractivity contribution in [3.05, 3.63) is 59.9 Å². The molecule has 1 aromatic heterocycles. The van der Waals surface area contributed by atoms with Crippen LogP contribution in [0.25, 0.3) is 0 Å². The molecule has 0 aliphatic rings. The van der Waals surface area contributed by atoms with Gasteiger partial charge in [0.15, 0.2) is 0 Å². The van der Waals surface area contributed by atoms with Gasteiger partial charge in [0.25, 0.3) is 0 Å². The number of rotatable bonds is 6. The molecule has 0 saturated carbocycles. The molecule has 0 spiro atoms. The first-order chi connectivity index (χ1) is 9.29. The topological polar surface area (TPSA) is 22.1 Å². The molecule has 1 aromatic carbocycles. The Morgan fingerprint density at radius 3 is 2.74 bits per heavy atom. The fourth-order valence-corrected chi connectivity index (χ4v) is 2.52. The number of alkyl halides is 1. The molecule has 0 aliphatic heterocycles. The summed E-state index contributed by atoms with van der Waals surface area (Å²) in [7, 11) is 0. The lowest BCUT2D eigenvalue weighted by Gasteiger charge is -2.12. The quantitative estimate of drug-likeness (QED) is 0.729. The second-order valence-electron chi connectivity index (χ2n) is 4.45. The van der Waals surface area contributed by atoms with Crippen LogP contribution in [-0.4, -0.2) is 11.6 Å². The van der Waals surface area contributed by atoms with Crippen LogP contribution in [0.2, 0.25) is 0 Å². The van der Waals surface area contributed by atoms with E-state index in [4.69, 9.17) is 4.74 Å². The largest absolute Gasteiger partial charge is 0.494 e. The number of halogens is 1. The lowest BCUT2D eigenvalue weighted by Crippen LogP contribution is -1.98. The van der Waals surface area contributed by atoms with E-state index in [2.05, 4.69) is 40.0 Å². The minimum Gasteiger partial charge on any atom is -0.494 e. The molecule has 1 heterocycles. The Morgan fingerprint density at radius 1 is 1.21 bits per heavy atom. The van der Waals surface area contributed by atoms with Crippen LogP contribution >= 0.6 is 15.9 Å². The van der Waals surface area contributed by atoms with Gasteiger partial charge in [-0.3, -0.25) is 4.98 Å². The zero-order valence-electron chi connectivity index (χ0n) is 11.1. The van der Waals surface area contributed by atoms with Gasteiger partial charge in [-0.05, 0) is 48.2 Å². The van der Waals surface area contributed by atoms with E-state index < -0.39 is 0 Å². The van der Waals surface area contributed by atoms with Crippen LogP contribution in [-0.2, 0) is 6.42 Å². The van der Waals surface area contributed by atoms with Crippen LogP contribution in [0.1, 0.15) is 29.3 Å². The molecule has 1 unspecified atom stereocenters. The highest BCUT2D eigenvalue weighted by Crippen LogP contribution is 2.29. The smallest absolute Gasteiger partial charge is 0.119 e. The van der Waals surface area contributed by atoms with Crippen LogP contribution in [0.3, 0.4) is 0 Å². The molecule has 2 rings (SSSR count).